The first-order valence-electron chi connectivity index (χ1n) is 8.75. The number of esters is 1. The van der Waals surface area contributed by atoms with E-state index in [1.165, 1.54) is 27.4 Å². The van der Waals surface area contributed by atoms with Gasteiger partial charge in [-0.05, 0) is 42.3 Å². The molecule has 0 bridgehead atoms. The van der Waals surface area contributed by atoms with E-state index in [0.717, 1.165) is 5.56 Å². The molecule has 0 fully saturated rings. The number of benzene rings is 2. The fourth-order valence-corrected chi connectivity index (χ4v) is 2.61. The van der Waals surface area contributed by atoms with Crippen LogP contribution in [0.1, 0.15) is 17.5 Å². The molecule has 8 nitrogen and oxygen atoms in total. The van der Waals surface area contributed by atoms with E-state index in [-0.39, 0.29) is 6.42 Å². The van der Waals surface area contributed by atoms with Gasteiger partial charge in [-0.1, -0.05) is 6.07 Å². The highest BCUT2D eigenvalue weighted by Crippen LogP contribution is 2.38. The molecule has 152 valence electrons. The van der Waals surface area contributed by atoms with Crippen molar-refractivity contribution in [2.45, 2.75) is 12.8 Å². The first-order valence-corrected chi connectivity index (χ1v) is 8.75. The Labute approximate surface area is 168 Å². The summed E-state index contributed by atoms with van der Waals surface area (Å²) in [6.07, 6.45) is 0.456. The minimum absolute atomic E-state index is 0.0792. The van der Waals surface area contributed by atoms with Gasteiger partial charge in [0.1, 0.15) is 0 Å². The average molecular weight is 398 g/mol. The number of methoxy groups -OCH3 is 3. The van der Waals surface area contributed by atoms with Crippen LogP contribution in [0.4, 0.5) is 5.69 Å². The largest absolute Gasteiger partial charge is 0.493 e. The molecule has 1 N–H and O–H groups in total. The van der Waals surface area contributed by atoms with Crippen LogP contribution >= 0.6 is 0 Å². The number of anilines is 1. The minimum Gasteiger partial charge on any atom is -0.493 e. The Balaban J connectivity index is 1.86. The van der Waals surface area contributed by atoms with Gasteiger partial charge in [0.15, 0.2) is 18.1 Å². The van der Waals surface area contributed by atoms with Gasteiger partial charge in [0.2, 0.25) is 5.75 Å². The molecule has 0 unspecified atom stereocenters. The number of nitriles is 1. The zero-order valence-corrected chi connectivity index (χ0v) is 16.5. The van der Waals surface area contributed by atoms with Crippen molar-refractivity contribution in [2.24, 2.45) is 0 Å². The Bertz CT molecular complexity index is 895. The molecule has 2 rings (SSSR count). The van der Waals surface area contributed by atoms with Crippen LogP contribution in [-0.4, -0.2) is 39.8 Å². The van der Waals surface area contributed by atoms with E-state index in [0.29, 0.717) is 34.9 Å². The summed E-state index contributed by atoms with van der Waals surface area (Å²) in [5, 5.41) is 11.4. The summed E-state index contributed by atoms with van der Waals surface area (Å²) in [4.78, 5) is 23.9. The second kappa shape index (κ2) is 10.6. The highest BCUT2D eigenvalue weighted by Gasteiger charge is 2.14. The molecule has 0 atom stereocenters. The van der Waals surface area contributed by atoms with Gasteiger partial charge in [-0.25, -0.2) is 0 Å². The molecule has 0 radical (unpaired) electrons. The Morgan fingerprint density at radius 1 is 1.03 bits per heavy atom. The molecular formula is C21H22N2O6. The normalized spacial score (nSPS) is 9.86. The van der Waals surface area contributed by atoms with E-state index in [9.17, 15) is 9.59 Å². The van der Waals surface area contributed by atoms with Gasteiger partial charge >= 0.3 is 5.97 Å². The third-order valence-electron chi connectivity index (χ3n) is 3.98. The molecule has 0 aliphatic rings. The van der Waals surface area contributed by atoms with E-state index < -0.39 is 18.5 Å². The quantitative estimate of drug-likeness (QED) is 0.647. The third-order valence-corrected chi connectivity index (χ3v) is 3.98. The monoisotopic (exact) mass is 398 g/mol. The summed E-state index contributed by atoms with van der Waals surface area (Å²) in [6.45, 7) is -0.412. The molecule has 0 aliphatic carbocycles. The van der Waals surface area contributed by atoms with E-state index >= 15 is 0 Å². The summed E-state index contributed by atoms with van der Waals surface area (Å²) in [5.41, 5.74) is 1.68. The van der Waals surface area contributed by atoms with Gasteiger partial charge in [-0.15, -0.1) is 0 Å². The molecule has 2 aromatic rings. The van der Waals surface area contributed by atoms with Crippen molar-refractivity contribution in [3.05, 3.63) is 47.5 Å². The molecule has 0 spiro atoms. The lowest BCUT2D eigenvalue weighted by atomic mass is 10.1. The predicted molar refractivity (Wildman–Crippen MR) is 105 cm³/mol. The van der Waals surface area contributed by atoms with Gasteiger partial charge in [-0.2, -0.15) is 5.26 Å². The molecule has 0 saturated heterocycles. The second-order valence-corrected chi connectivity index (χ2v) is 5.94. The summed E-state index contributed by atoms with van der Waals surface area (Å²) in [7, 11) is 4.54. The van der Waals surface area contributed by atoms with Crippen LogP contribution in [0.5, 0.6) is 17.2 Å². The predicted octanol–water partition coefficient (Wildman–Crippen LogP) is 2.70. The molecule has 1 amide bonds. The summed E-state index contributed by atoms with van der Waals surface area (Å²) in [5.74, 6) is 0.461. The maximum Gasteiger partial charge on any atom is 0.306 e. The fraction of sp³-hybridized carbons (Fsp3) is 0.286. The number of ether oxygens (including phenoxy) is 4. The highest BCUT2D eigenvalue weighted by molar-refractivity contribution is 5.92. The second-order valence-electron chi connectivity index (χ2n) is 5.94. The summed E-state index contributed by atoms with van der Waals surface area (Å²) < 4.78 is 20.8. The molecule has 8 heteroatoms. The maximum atomic E-state index is 12.0. The SMILES string of the molecule is COc1cc(CCC(=O)OCC(=O)Nc2cccc(C#N)c2)cc(OC)c1OC. The Kier molecular flexibility index (Phi) is 7.86. The van der Waals surface area contributed by atoms with Crippen LogP contribution in [0.2, 0.25) is 0 Å². The topological polar surface area (TPSA) is 107 Å². The number of carbonyl (C=O) groups is 2. The van der Waals surface area contributed by atoms with Crippen molar-refractivity contribution in [3.63, 3.8) is 0 Å². The minimum atomic E-state index is -0.514. The van der Waals surface area contributed by atoms with Crippen LogP contribution in [0.25, 0.3) is 0 Å². The van der Waals surface area contributed by atoms with Crippen molar-refractivity contribution in [3.8, 4) is 23.3 Å². The fourth-order valence-electron chi connectivity index (χ4n) is 2.61. The number of carbonyl (C=O) groups excluding carboxylic acids is 2. The van der Waals surface area contributed by atoms with Crippen LogP contribution in [0, 0.1) is 11.3 Å². The smallest absolute Gasteiger partial charge is 0.306 e. The summed E-state index contributed by atoms with van der Waals surface area (Å²) >= 11 is 0. The van der Waals surface area contributed by atoms with Crippen molar-refractivity contribution in [1.82, 2.24) is 0 Å². The zero-order chi connectivity index (χ0) is 21.2. The zero-order valence-electron chi connectivity index (χ0n) is 16.5. The average Bonchev–Trinajstić information content (AvgIpc) is 2.75. The number of hydrogen-bond acceptors (Lipinski definition) is 7. The van der Waals surface area contributed by atoms with Gasteiger partial charge < -0.3 is 24.3 Å². The molecule has 2 aromatic carbocycles. The standard InChI is InChI=1S/C21H22N2O6/c1-26-17-10-14(11-18(27-2)21(17)28-3)7-8-20(25)29-13-19(24)23-16-6-4-5-15(9-16)12-22/h4-6,9-11H,7-8,13H2,1-3H3,(H,23,24). The van der Waals surface area contributed by atoms with Crippen LogP contribution in [0.3, 0.4) is 0 Å². The molecule has 0 aliphatic heterocycles. The molecular weight excluding hydrogens is 376 g/mol. The highest BCUT2D eigenvalue weighted by atomic mass is 16.5. The van der Waals surface area contributed by atoms with Gasteiger partial charge in [0.25, 0.3) is 5.91 Å². The van der Waals surface area contributed by atoms with Crippen molar-refractivity contribution in [1.29, 1.82) is 5.26 Å². The van der Waals surface area contributed by atoms with Crippen molar-refractivity contribution < 1.29 is 28.5 Å². The number of rotatable bonds is 9. The van der Waals surface area contributed by atoms with Crippen LogP contribution in [-0.2, 0) is 20.7 Å². The first kappa shape index (κ1) is 21.6. The summed E-state index contributed by atoms with van der Waals surface area (Å²) in [6, 6.07) is 11.9. The van der Waals surface area contributed by atoms with E-state index in [1.807, 2.05) is 6.07 Å². The number of nitrogens with one attached hydrogen (secondary N) is 1. The Morgan fingerprint density at radius 2 is 1.72 bits per heavy atom. The maximum absolute atomic E-state index is 12.0. The van der Waals surface area contributed by atoms with E-state index in [2.05, 4.69) is 5.32 Å². The van der Waals surface area contributed by atoms with E-state index in [1.54, 1.807) is 30.3 Å². The third kappa shape index (κ3) is 6.14. The van der Waals surface area contributed by atoms with Gasteiger partial charge in [-0.3, -0.25) is 9.59 Å². The number of nitrogens with zero attached hydrogens (tertiary/aromatic N) is 1. The first-order chi connectivity index (χ1) is 14.0. The van der Waals surface area contributed by atoms with Gasteiger partial charge in [0.05, 0.1) is 33.0 Å². The lowest BCUT2D eigenvalue weighted by molar-refractivity contribution is -0.147. The van der Waals surface area contributed by atoms with Crippen molar-refractivity contribution in [2.75, 3.05) is 33.3 Å². The molecule has 0 aromatic heterocycles. The van der Waals surface area contributed by atoms with Crippen LogP contribution in [0.15, 0.2) is 36.4 Å². The van der Waals surface area contributed by atoms with E-state index in [4.69, 9.17) is 24.2 Å². The van der Waals surface area contributed by atoms with Crippen molar-refractivity contribution >= 4 is 17.6 Å². The molecule has 0 heterocycles. The number of aryl methyl sites for hydroxylation is 1. The van der Waals surface area contributed by atoms with Gasteiger partial charge in [0, 0.05) is 12.1 Å². The lowest BCUT2D eigenvalue weighted by Gasteiger charge is -2.14. The number of hydrogen-bond donors (Lipinski definition) is 1. The Morgan fingerprint density at radius 3 is 2.31 bits per heavy atom. The Hall–Kier alpha value is -3.73. The lowest BCUT2D eigenvalue weighted by Crippen LogP contribution is -2.21. The van der Waals surface area contributed by atoms with Crippen LogP contribution < -0.4 is 19.5 Å². The molecule has 0 saturated carbocycles. The molecule has 29 heavy (non-hydrogen) atoms. The number of amides is 1.